The van der Waals surface area contributed by atoms with Crippen LogP contribution in [0, 0.1) is 12.3 Å². The van der Waals surface area contributed by atoms with Crippen molar-refractivity contribution in [1.82, 2.24) is 5.32 Å². The predicted molar refractivity (Wildman–Crippen MR) is 83.6 cm³/mol. The molecule has 2 heterocycles. The van der Waals surface area contributed by atoms with Crippen molar-refractivity contribution in [1.29, 1.82) is 0 Å². The van der Waals surface area contributed by atoms with Crippen LogP contribution in [-0.4, -0.2) is 17.0 Å². The molecule has 1 aliphatic rings. The molecule has 1 unspecified atom stereocenters. The van der Waals surface area contributed by atoms with Crippen LogP contribution in [0.5, 0.6) is 0 Å². The first-order valence-corrected chi connectivity index (χ1v) is 8.23. The Labute approximate surface area is 118 Å². The summed E-state index contributed by atoms with van der Waals surface area (Å²) in [5.41, 5.74) is 3.16. The molecule has 100 valence electrons. The van der Waals surface area contributed by atoms with Gasteiger partial charge in [-0.1, -0.05) is 32.5 Å². The number of amidine groups is 1. The van der Waals surface area contributed by atoms with Crippen LogP contribution in [0.2, 0.25) is 0 Å². The summed E-state index contributed by atoms with van der Waals surface area (Å²) in [6, 6.07) is 0. The van der Waals surface area contributed by atoms with Gasteiger partial charge in [0, 0.05) is 11.8 Å². The van der Waals surface area contributed by atoms with Gasteiger partial charge in [0.05, 0.1) is 6.54 Å². The average molecular weight is 282 g/mol. The van der Waals surface area contributed by atoms with Crippen molar-refractivity contribution in [2.45, 2.75) is 45.9 Å². The van der Waals surface area contributed by atoms with E-state index < -0.39 is 0 Å². The molecule has 0 saturated heterocycles. The molecule has 0 bridgehead atoms. The number of aliphatic imine (C=N–C) groups is 1. The SMILES string of the molecule is Cc1cscc1CNC1=NCC(CC(C)(C)C)S1. The number of rotatable bonds is 3. The summed E-state index contributed by atoms with van der Waals surface area (Å²) in [7, 11) is 0. The summed E-state index contributed by atoms with van der Waals surface area (Å²) < 4.78 is 0. The molecular formula is C14H22N2S2. The maximum Gasteiger partial charge on any atom is 0.157 e. The van der Waals surface area contributed by atoms with Gasteiger partial charge >= 0.3 is 0 Å². The van der Waals surface area contributed by atoms with E-state index in [0.29, 0.717) is 10.7 Å². The second-order valence-electron chi connectivity index (χ2n) is 6.08. The fraction of sp³-hybridized carbons (Fsp3) is 0.643. The fourth-order valence-corrected chi connectivity index (χ4v) is 4.25. The van der Waals surface area contributed by atoms with Gasteiger partial charge < -0.3 is 5.32 Å². The largest absolute Gasteiger partial charge is 0.361 e. The Hall–Kier alpha value is -0.480. The van der Waals surface area contributed by atoms with E-state index in [-0.39, 0.29) is 0 Å². The lowest BCUT2D eigenvalue weighted by Gasteiger charge is -2.21. The van der Waals surface area contributed by atoms with Gasteiger partial charge in [0.25, 0.3) is 0 Å². The van der Waals surface area contributed by atoms with E-state index >= 15 is 0 Å². The summed E-state index contributed by atoms with van der Waals surface area (Å²) in [5, 5.41) is 9.64. The summed E-state index contributed by atoms with van der Waals surface area (Å²) in [5.74, 6) is 0. The number of aryl methyl sites for hydroxylation is 1. The van der Waals surface area contributed by atoms with Gasteiger partial charge in [0.2, 0.25) is 0 Å². The lowest BCUT2D eigenvalue weighted by atomic mass is 9.90. The molecule has 0 aliphatic carbocycles. The van der Waals surface area contributed by atoms with Gasteiger partial charge in [-0.3, -0.25) is 4.99 Å². The van der Waals surface area contributed by atoms with Crippen LogP contribution in [0.25, 0.3) is 0 Å². The zero-order valence-electron chi connectivity index (χ0n) is 11.6. The standard InChI is InChI=1S/C14H22N2S2/c1-10-8-17-9-11(10)6-15-13-16-7-12(18-13)5-14(2,3)4/h8-9,12H,5-7H2,1-4H3,(H,15,16). The van der Waals surface area contributed by atoms with Crippen LogP contribution in [-0.2, 0) is 6.54 Å². The Morgan fingerprint density at radius 3 is 2.78 bits per heavy atom. The van der Waals surface area contributed by atoms with Crippen molar-refractivity contribution in [3.63, 3.8) is 0 Å². The van der Waals surface area contributed by atoms with Crippen LogP contribution in [0.1, 0.15) is 38.3 Å². The van der Waals surface area contributed by atoms with Crippen LogP contribution < -0.4 is 5.32 Å². The van der Waals surface area contributed by atoms with E-state index in [1.165, 1.54) is 17.5 Å². The second kappa shape index (κ2) is 5.66. The average Bonchev–Trinajstić information content (AvgIpc) is 2.82. The third-order valence-electron chi connectivity index (χ3n) is 2.95. The first-order valence-electron chi connectivity index (χ1n) is 6.41. The second-order valence-corrected chi connectivity index (χ2v) is 8.12. The maximum absolute atomic E-state index is 4.60. The number of nitrogens with zero attached hydrogens (tertiary/aromatic N) is 1. The van der Waals surface area contributed by atoms with Gasteiger partial charge in [-0.25, -0.2) is 0 Å². The minimum absolute atomic E-state index is 0.395. The van der Waals surface area contributed by atoms with Crippen LogP contribution in [0.4, 0.5) is 0 Å². The number of hydrogen-bond donors (Lipinski definition) is 1. The summed E-state index contributed by atoms with van der Waals surface area (Å²) in [4.78, 5) is 4.60. The Morgan fingerprint density at radius 1 is 1.39 bits per heavy atom. The highest BCUT2D eigenvalue weighted by Gasteiger charge is 2.24. The third kappa shape index (κ3) is 4.02. The van der Waals surface area contributed by atoms with Crippen molar-refractivity contribution in [2.75, 3.05) is 6.54 Å². The molecule has 1 aliphatic heterocycles. The van der Waals surface area contributed by atoms with Gasteiger partial charge in [-0.2, -0.15) is 11.3 Å². The molecule has 1 aromatic rings. The molecule has 0 spiro atoms. The number of thiophene rings is 1. The molecule has 0 aromatic carbocycles. The normalized spacial score (nSPS) is 20.0. The highest BCUT2D eigenvalue weighted by molar-refractivity contribution is 8.14. The number of nitrogens with one attached hydrogen (secondary N) is 1. The zero-order valence-corrected chi connectivity index (χ0v) is 13.3. The van der Waals surface area contributed by atoms with Gasteiger partial charge in [0.15, 0.2) is 5.17 Å². The molecule has 0 saturated carbocycles. The smallest absolute Gasteiger partial charge is 0.157 e. The number of thioether (sulfide) groups is 1. The van der Waals surface area contributed by atoms with Gasteiger partial charge in [-0.05, 0) is 40.6 Å². The molecule has 0 radical (unpaired) electrons. The van der Waals surface area contributed by atoms with Crippen LogP contribution in [0.3, 0.4) is 0 Å². The predicted octanol–water partition coefficient (Wildman–Crippen LogP) is 4.05. The molecule has 0 amide bonds. The maximum atomic E-state index is 4.60. The minimum Gasteiger partial charge on any atom is -0.361 e. The molecule has 18 heavy (non-hydrogen) atoms. The Balaban J connectivity index is 1.78. The first-order chi connectivity index (χ1) is 8.44. The van der Waals surface area contributed by atoms with Gasteiger partial charge in [0.1, 0.15) is 0 Å². The topological polar surface area (TPSA) is 24.4 Å². The van der Waals surface area contributed by atoms with Crippen LogP contribution >= 0.6 is 23.1 Å². The van der Waals surface area contributed by atoms with E-state index in [0.717, 1.165) is 18.3 Å². The minimum atomic E-state index is 0.395. The molecule has 1 aromatic heterocycles. The lowest BCUT2D eigenvalue weighted by Crippen LogP contribution is -2.20. The summed E-state index contributed by atoms with van der Waals surface area (Å²) in [6.07, 6.45) is 1.23. The quantitative estimate of drug-likeness (QED) is 0.904. The molecule has 0 fully saturated rings. The Morgan fingerprint density at radius 2 is 2.17 bits per heavy atom. The van der Waals surface area contributed by atoms with E-state index in [2.05, 4.69) is 48.8 Å². The monoisotopic (exact) mass is 282 g/mol. The molecule has 2 nitrogen and oxygen atoms in total. The first kappa shape index (κ1) is 13.9. The van der Waals surface area contributed by atoms with Crippen LogP contribution in [0.15, 0.2) is 15.8 Å². The highest BCUT2D eigenvalue weighted by Crippen LogP contribution is 2.31. The zero-order chi connectivity index (χ0) is 13.2. The lowest BCUT2D eigenvalue weighted by molar-refractivity contribution is 0.375. The Kier molecular flexibility index (Phi) is 4.38. The van der Waals surface area contributed by atoms with E-state index in [1.807, 2.05) is 11.8 Å². The summed E-state index contributed by atoms with van der Waals surface area (Å²) in [6.45, 7) is 10.9. The van der Waals surface area contributed by atoms with Gasteiger partial charge in [-0.15, -0.1) is 0 Å². The highest BCUT2D eigenvalue weighted by atomic mass is 32.2. The molecule has 4 heteroatoms. The van der Waals surface area contributed by atoms with Crippen molar-refractivity contribution in [3.8, 4) is 0 Å². The third-order valence-corrected chi connectivity index (χ3v) is 5.00. The molecule has 1 atom stereocenters. The molecular weight excluding hydrogens is 260 g/mol. The van der Waals surface area contributed by atoms with Crippen molar-refractivity contribution < 1.29 is 0 Å². The summed E-state index contributed by atoms with van der Waals surface area (Å²) >= 11 is 3.68. The van der Waals surface area contributed by atoms with Crippen molar-refractivity contribution in [3.05, 3.63) is 21.9 Å². The Bertz CT molecular complexity index is 429. The van der Waals surface area contributed by atoms with Crippen molar-refractivity contribution >= 4 is 28.3 Å². The van der Waals surface area contributed by atoms with E-state index in [9.17, 15) is 0 Å². The number of hydrogen-bond acceptors (Lipinski definition) is 4. The van der Waals surface area contributed by atoms with Crippen molar-refractivity contribution in [2.24, 2.45) is 10.4 Å². The molecule has 2 rings (SSSR count). The molecule has 1 N–H and O–H groups in total. The fourth-order valence-electron chi connectivity index (χ4n) is 2.04. The van der Waals surface area contributed by atoms with E-state index in [1.54, 1.807) is 11.3 Å². The van der Waals surface area contributed by atoms with E-state index in [4.69, 9.17) is 0 Å².